The summed E-state index contributed by atoms with van der Waals surface area (Å²) < 4.78 is 1.87. The SMILES string of the molecule is CCNC(=NCc1ccn(-c2ccccc2)n1)NC(C)(C)C. The molecule has 0 aliphatic heterocycles. The highest BCUT2D eigenvalue weighted by molar-refractivity contribution is 5.80. The minimum atomic E-state index is -0.0234. The second-order valence-corrected chi connectivity index (χ2v) is 6.16. The van der Waals surface area contributed by atoms with Crippen molar-refractivity contribution in [3.8, 4) is 5.69 Å². The molecule has 1 heterocycles. The molecular weight excluding hydrogens is 274 g/mol. The Hall–Kier alpha value is -2.30. The van der Waals surface area contributed by atoms with Crippen molar-refractivity contribution < 1.29 is 0 Å². The molecule has 5 nitrogen and oxygen atoms in total. The molecule has 0 spiro atoms. The first kappa shape index (κ1) is 16.1. The number of aliphatic imine (C=N–C) groups is 1. The molecule has 5 heteroatoms. The zero-order valence-corrected chi connectivity index (χ0v) is 13.8. The first-order valence-electron chi connectivity index (χ1n) is 7.64. The monoisotopic (exact) mass is 299 g/mol. The van der Waals surface area contributed by atoms with Crippen LogP contribution in [0.3, 0.4) is 0 Å². The van der Waals surface area contributed by atoms with Crippen LogP contribution < -0.4 is 10.6 Å². The summed E-state index contributed by atoms with van der Waals surface area (Å²) in [6.45, 7) is 9.79. The molecule has 0 fully saturated rings. The number of hydrogen-bond donors (Lipinski definition) is 2. The van der Waals surface area contributed by atoms with Crippen LogP contribution in [0, 0.1) is 0 Å². The Balaban J connectivity index is 2.06. The molecule has 0 unspecified atom stereocenters. The van der Waals surface area contributed by atoms with Crippen molar-refractivity contribution in [1.82, 2.24) is 20.4 Å². The summed E-state index contributed by atoms with van der Waals surface area (Å²) in [4.78, 5) is 4.59. The van der Waals surface area contributed by atoms with Gasteiger partial charge in [0.2, 0.25) is 0 Å². The molecule has 0 saturated heterocycles. The van der Waals surface area contributed by atoms with Gasteiger partial charge in [0.1, 0.15) is 0 Å². The van der Waals surface area contributed by atoms with Crippen molar-refractivity contribution in [3.05, 3.63) is 48.3 Å². The zero-order valence-electron chi connectivity index (χ0n) is 13.8. The minimum Gasteiger partial charge on any atom is -0.357 e. The lowest BCUT2D eigenvalue weighted by molar-refractivity contribution is 0.501. The molecule has 0 amide bonds. The third kappa shape index (κ3) is 4.91. The lowest BCUT2D eigenvalue weighted by Gasteiger charge is -2.23. The van der Waals surface area contributed by atoms with Gasteiger partial charge in [-0.1, -0.05) is 18.2 Å². The Morgan fingerprint density at radius 2 is 1.91 bits per heavy atom. The Kier molecular flexibility index (Phi) is 5.20. The molecule has 118 valence electrons. The summed E-state index contributed by atoms with van der Waals surface area (Å²) in [6, 6.07) is 12.1. The number of nitrogens with zero attached hydrogens (tertiary/aromatic N) is 3. The van der Waals surface area contributed by atoms with E-state index in [9.17, 15) is 0 Å². The highest BCUT2D eigenvalue weighted by atomic mass is 15.3. The summed E-state index contributed by atoms with van der Waals surface area (Å²) in [7, 11) is 0. The van der Waals surface area contributed by atoms with Gasteiger partial charge in [-0.25, -0.2) is 9.67 Å². The maximum absolute atomic E-state index is 4.59. The van der Waals surface area contributed by atoms with Gasteiger partial charge in [-0.2, -0.15) is 5.10 Å². The molecule has 1 aromatic heterocycles. The van der Waals surface area contributed by atoms with Gasteiger partial charge >= 0.3 is 0 Å². The van der Waals surface area contributed by atoms with Gasteiger partial charge in [0, 0.05) is 18.3 Å². The van der Waals surface area contributed by atoms with Crippen LogP contribution in [0.25, 0.3) is 5.69 Å². The topological polar surface area (TPSA) is 54.2 Å². The third-order valence-corrected chi connectivity index (χ3v) is 2.90. The van der Waals surface area contributed by atoms with E-state index in [1.807, 2.05) is 47.3 Å². The molecule has 2 aromatic rings. The first-order valence-corrected chi connectivity index (χ1v) is 7.64. The van der Waals surface area contributed by atoms with Crippen LogP contribution in [0.2, 0.25) is 0 Å². The van der Waals surface area contributed by atoms with Gasteiger partial charge in [0.05, 0.1) is 17.9 Å². The van der Waals surface area contributed by atoms with Crippen LogP contribution in [0.5, 0.6) is 0 Å². The van der Waals surface area contributed by atoms with Crippen molar-refractivity contribution in [2.45, 2.75) is 39.8 Å². The quantitative estimate of drug-likeness (QED) is 0.674. The minimum absolute atomic E-state index is 0.0234. The number of guanidine groups is 1. The van der Waals surface area contributed by atoms with Crippen molar-refractivity contribution in [3.63, 3.8) is 0 Å². The smallest absolute Gasteiger partial charge is 0.192 e. The normalized spacial score (nSPS) is 12.3. The summed E-state index contributed by atoms with van der Waals surface area (Å²) in [6.07, 6.45) is 1.96. The molecule has 1 aromatic carbocycles. The molecule has 0 saturated carbocycles. The number of hydrogen-bond acceptors (Lipinski definition) is 2. The van der Waals surface area contributed by atoms with Gasteiger partial charge in [-0.05, 0) is 45.9 Å². The van der Waals surface area contributed by atoms with E-state index in [4.69, 9.17) is 0 Å². The molecule has 0 atom stereocenters. The predicted octanol–water partition coefficient (Wildman–Crippen LogP) is 2.73. The second kappa shape index (κ2) is 7.11. The molecule has 2 rings (SSSR count). The average molecular weight is 299 g/mol. The number of para-hydroxylation sites is 1. The Bertz CT molecular complexity index is 607. The molecular formula is C17H25N5. The molecule has 0 aliphatic rings. The summed E-state index contributed by atoms with van der Waals surface area (Å²) in [5, 5.41) is 11.2. The van der Waals surface area contributed by atoms with E-state index in [0.717, 1.165) is 23.9 Å². The summed E-state index contributed by atoms with van der Waals surface area (Å²) in [5.41, 5.74) is 1.97. The number of rotatable bonds is 4. The fourth-order valence-corrected chi connectivity index (χ4v) is 1.99. The standard InChI is InChI=1S/C17H25N5/c1-5-18-16(20-17(2,3)4)19-13-14-11-12-22(21-14)15-9-7-6-8-10-15/h6-12H,5,13H2,1-4H3,(H2,18,19,20). The van der Waals surface area contributed by atoms with Gasteiger partial charge in [0.25, 0.3) is 0 Å². The average Bonchev–Trinajstić information content (AvgIpc) is 2.93. The fourth-order valence-electron chi connectivity index (χ4n) is 1.99. The maximum Gasteiger partial charge on any atom is 0.192 e. The zero-order chi connectivity index (χ0) is 16.0. The number of benzene rings is 1. The van der Waals surface area contributed by atoms with E-state index < -0.39 is 0 Å². The van der Waals surface area contributed by atoms with Crippen LogP contribution >= 0.6 is 0 Å². The fraction of sp³-hybridized carbons (Fsp3) is 0.412. The molecule has 22 heavy (non-hydrogen) atoms. The van der Waals surface area contributed by atoms with Gasteiger partial charge < -0.3 is 10.6 Å². The first-order chi connectivity index (χ1) is 10.5. The Morgan fingerprint density at radius 1 is 1.18 bits per heavy atom. The molecule has 0 radical (unpaired) electrons. The van der Waals surface area contributed by atoms with E-state index in [2.05, 4.69) is 48.4 Å². The van der Waals surface area contributed by atoms with E-state index in [1.54, 1.807) is 0 Å². The molecule has 0 aliphatic carbocycles. The van der Waals surface area contributed by atoms with Crippen molar-refractivity contribution in [2.24, 2.45) is 4.99 Å². The van der Waals surface area contributed by atoms with Gasteiger partial charge in [-0.15, -0.1) is 0 Å². The highest BCUT2D eigenvalue weighted by Gasteiger charge is 2.11. The lowest BCUT2D eigenvalue weighted by atomic mass is 10.1. The van der Waals surface area contributed by atoms with Crippen LogP contribution in [0.4, 0.5) is 0 Å². The number of aromatic nitrogens is 2. The van der Waals surface area contributed by atoms with Crippen molar-refractivity contribution in [2.75, 3.05) is 6.54 Å². The van der Waals surface area contributed by atoms with E-state index in [-0.39, 0.29) is 5.54 Å². The van der Waals surface area contributed by atoms with Crippen LogP contribution in [-0.4, -0.2) is 27.8 Å². The molecule has 0 bridgehead atoms. The van der Waals surface area contributed by atoms with Crippen LogP contribution in [0.15, 0.2) is 47.6 Å². The maximum atomic E-state index is 4.59. The highest BCUT2D eigenvalue weighted by Crippen LogP contribution is 2.07. The summed E-state index contributed by atoms with van der Waals surface area (Å²) in [5.74, 6) is 0.810. The predicted molar refractivity (Wildman–Crippen MR) is 91.3 cm³/mol. The lowest BCUT2D eigenvalue weighted by Crippen LogP contribution is -2.47. The van der Waals surface area contributed by atoms with Crippen LogP contribution in [-0.2, 0) is 6.54 Å². The largest absolute Gasteiger partial charge is 0.357 e. The summed E-state index contributed by atoms with van der Waals surface area (Å²) >= 11 is 0. The third-order valence-electron chi connectivity index (χ3n) is 2.90. The van der Waals surface area contributed by atoms with Crippen LogP contribution in [0.1, 0.15) is 33.4 Å². The van der Waals surface area contributed by atoms with Crippen molar-refractivity contribution in [1.29, 1.82) is 0 Å². The number of nitrogens with one attached hydrogen (secondary N) is 2. The van der Waals surface area contributed by atoms with Gasteiger partial charge in [-0.3, -0.25) is 0 Å². The van der Waals surface area contributed by atoms with E-state index in [1.165, 1.54) is 0 Å². The van der Waals surface area contributed by atoms with E-state index >= 15 is 0 Å². The Labute approximate surface area is 132 Å². The van der Waals surface area contributed by atoms with Gasteiger partial charge in [0.15, 0.2) is 5.96 Å². The Morgan fingerprint density at radius 3 is 2.55 bits per heavy atom. The second-order valence-electron chi connectivity index (χ2n) is 6.16. The van der Waals surface area contributed by atoms with E-state index in [0.29, 0.717) is 6.54 Å². The molecule has 2 N–H and O–H groups in total. The van der Waals surface area contributed by atoms with Crippen molar-refractivity contribution >= 4 is 5.96 Å².